The molecule has 0 aliphatic carbocycles. The van der Waals surface area contributed by atoms with Gasteiger partial charge in [0.1, 0.15) is 0 Å². The van der Waals surface area contributed by atoms with E-state index in [0.29, 0.717) is 18.5 Å². The molecule has 2 rings (SSSR count). The van der Waals surface area contributed by atoms with Gasteiger partial charge in [-0.1, -0.05) is 0 Å². The van der Waals surface area contributed by atoms with Gasteiger partial charge in [-0.25, -0.2) is 0 Å². The largest absolute Gasteiger partial charge is 0.384 e. The predicted octanol–water partition coefficient (Wildman–Crippen LogP) is 1.82. The number of likely N-dealkylation sites (tertiary alicyclic amines) is 1. The standard InChI is InChI=1S/C15H28N4O/c1-12(2)19-10-14(8-17-19)15(7-16)18-6-4-5-13(9-18)11-20-3/h8,10,12-13,15H,4-7,9,11,16H2,1-3H3. The molecule has 1 aromatic rings. The molecule has 0 bridgehead atoms. The third kappa shape index (κ3) is 3.59. The van der Waals surface area contributed by atoms with E-state index in [1.807, 2.05) is 10.9 Å². The van der Waals surface area contributed by atoms with Crippen LogP contribution in [-0.4, -0.2) is 48.0 Å². The molecule has 1 fully saturated rings. The van der Waals surface area contributed by atoms with Gasteiger partial charge in [-0.3, -0.25) is 9.58 Å². The fraction of sp³-hybridized carbons (Fsp3) is 0.800. The third-order valence-electron chi connectivity index (χ3n) is 4.15. The third-order valence-corrected chi connectivity index (χ3v) is 4.15. The highest BCUT2D eigenvalue weighted by Gasteiger charge is 2.27. The zero-order valence-corrected chi connectivity index (χ0v) is 13.0. The molecule has 0 radical (unpaired) electrons. The first-order valence-corrected chi connectivity index (χ1v) is 7.62. The maximum Gasteiger partial charge on any atom is 0.0538 e. The summed E-state index contributed by atoms with van der Waals surface area (Å²) in [4.78, 5) is 2.49. The minimum atomic E-state index is 0.280. The lowest BCUT2D eigenvalue weighted by molar-refractivity contribution is 0.0696. The van der Waals surface area contributed by atoms with Crippen molar-refractivity contribution in [3.05, 3.63) is 18.0 Å². The molecule has 2 N–H and O–H groups in total. The highest BCUT2D eigenvalue weighted by atomic mass is 16.5. The van der Waals surface area contributed by atoms with Crippen LogP contribution in [0.2, 0.25) is 0 Å². The summed E-state index contributed by atoms with van der Waals surface area (Å²) in [5.74, 6) is 0.628. The van der Waals surface area contributed by atoms with E-state index >= 15 is 0 Å². The van der Waals surface area contributed by atoms with Gasteiger partial charge in [0.05, 0.1) is 18.8 Å². The van der Waals surface area contributed by atoms with Crippen LogP contribution in [0.4, 0.5) is 0 Å². The van der Waals surface area contributed by atoms with E-state index in [9.17, 15) is 0 Å². The fourth-order valence-electron chi connectivity index (χ4n) is 3.06. The number of ether oxygens (including phenoxy) is 1. The van der Waals surface area contributed by atoms with Gasteiger partial charge >= 0.3 is 0 Å². The van der Waals surface area contributed by atoms with Crippen LogP contribution in [-0.2, 0) is 4.74 Å². The molecule has 20 heavy (non-hydrogen) atoms. The second kappa shape index (κ2) is 7.20. The average Bonchev–Trinajstić information content (AvgIpc) is 2.90. The zero-order valence-electron chi connectivity index (χ0n) is 13.0. The van der Waals surface area contributed by atoms with Crippen molar-refractivity contribution in [2.75, 3.05) is 33.4 Å². The van der Waals surface area contributed by atoms with E-state index in [1.54, 1.807) is 7.11 Å². The van der Waals surface area contributed by atoms with Gasteiger partial charge in [0.25, 0.3) is 0 Å². The second-order valence-corrected chi connectivity index (χ2v) is 6.06. The Kier molecular flexibility index (Phi) is 5.57. The molecule has 2 unspecified atom stereocenters. The summed E-state index contributed by atoms with van der Waals surface area (Å²) in [6, 6.07) is 0.673. The van der Waals surface area contributed by atoms with Crippen LogP contribution in [0, 0.1) is 5.92 Å². The van der Waals surface area contributed by atoms with E-state index in [0.717, 1.165) is 19.7 Å². The minimum Gasteiger partial charge on any atom is -0.384 e. The molecule has 0 aromatic carbocycles. The van der Waals surface area contributed by atoms with Crippen molar-refractivity contribution >= 4 is 0 Å². The Bertz CT molecular complexity index is 402. The Hall–Kier alpha value is -0.910. The van der Waals surface area contributed by atoms with Crippen molar-refractivity contribution in [2.24, 2.45) is 11.7 Å². The minimum absolute atomic E-state index is 0.280. The van der Waals surface area contributed by atoms with E-state index < -0.39 is 0 Å². The molecule has 0 spiro atoms. The smallest absolute Gasteiger partial charge is 0.0538 e. The molecule has 5 nitrogen and oxygen atoms in total. The first kappa shape index (κ1) is 15.5. The maximum atomic E-state index is 6.03. The van der Waals surface area contributed by atoms with Crippen molar-refractivity contribution < 1.29 is 4.74 Å². The summed E-state index contributed by atoms with van der Waals surface area (Å²) in [6.45, 7) is 7.97. The number of rotatable bonds is 6. The Labute approximate surface area is 122 Å². The van der Waals surface area contributed by atoms with Crippen LogP contribution in [0.3, 0.4) is 0 Å². The van der Waals surface area contributed by atoms with Gasteiger partial charge in [0.15, 0.2) is 0 Å². The van der Waals surface area contributed by atoms with Crippen LogP contribution in [0.15, 0.2) is 12.4 Å². The van der Waals surface area contributed by atoms with Gasteiger partial charge in [0.2, 0.25) is 0 Å². The van der Waals surface area contributed by atoms with Crippen molar-refractivity contribution in [1.82, 2.24) is 14.7 Å². The van der Waals surface area contributed by atoms with Gasteiger partial charge in [0, 0.05) is 38.0 Å². The Morgan fingerprint density at radius 3 is 2.90 bits per heavy atom. The summed E-state index contributed by atoms with van der Waals surface area (Å²) in [7, 11) is 1.78. The summed E-state index contributed by atoms with van der Waals surface area (Å²) < 4.78 is 7.32. The van der Waals surface area contributed by atoms with Crippen molar-refractivity contribution in [1.29, 1.82) is 0 Å². The maximum absolute atomic E-state index is 6.03. The summed E-state index contributed by atoms with van der Waals surface area (Å²) in [5.41, 5.74) is 7.27. The number of hydrogen-bond donors (Lipinski definition) is 1. The van der Waals surface area contributed by atoms with Gasteiger partial charge in [-0.2, -0.15) is 5.10 Å². The molecule has 1 aliphatic rings. The summed E-state index contributed by atoms with van der Waals surface area (Å²) in [6.07, 6.45) is 6.59. The lowest BCUT2D eigenvalue weighted by atomic mass is 9.96. The molecule has 2 heterocycles. The van der Waals surface area contributed by atoms with Crippen LogP contribution < -0.4 is 5.73 Å². The lowest BCUT2D eigenvalue weighted by Crippen LogP contribution is -2.42. The number of nitrogens with zero attached hydrogens (tertiary/aromatic N) is 3. The van der Waals surface area contributed by atoms with Crippen molar-refractivity contribution in [3.8, 4) is 0 Å². The number of methoxy groups -OCH3 is 1. The summed E-state index contributed by atoms with van der Waals surface area (Å²) in [5, 5.41) is 4.44. The molecule has 0 saturated carbocycles. The highest BCUT2D eigenvalue weighted by Crippen LogP contribution is 2.26. The first-order chi connectivity index (χ1) is 9.65. The number of piperidine rings is 1. The van der Waals surface area contributed by atoms with Gasteiger partial charge < -0.3 is 10.5 Å². The molecule has 1 aromatic heterocycles. The Balaban J connectivity index is 2.06. The molecule has 2 atom stereocenters. The molecular formula is C15H28N4O. The SMILES string of the molecule is COCC1CCCN(C(CN)c2cnn(C(C)C)c2)C1. The molecule has 0 amide bonds. The van der Waals surface area contributed by atoms with Crippen molar-refractivity contribution in [3.63, 3.8) is 0 Å². The average molecular weight is 280 g/mol. The molecule has 114 valence electrons. The molecule has 1 aliphatic heterocycles. The molecule has 1 saturated heterocycles. The Morgan fingerprint density at radius 2 is 2.30 bits per heavy atom. The van der Waals surface area contributed by atoms with Crippen LogP contribution in [0.1, 0.15) is 44.3 Å². The van der Waals surface area contributed by atoms with Gasteiger partial charge in [-0.15, -0.1) is 0 Å². The predicted molar refractivity (Wildman–Crippen MR) is 80.6 cm³/mol. The van der Waals surface area contributed by atoms with E-state index in [4.69, 9.17) is 10.5 Å². The van der Waals surface area contributed by atoms with Gasteiger partial charge in [-0.05, 0) is 39.2 Å². The highest BCUT2D eigenvalue weighted by molar-refractivity contribution is 5.12. The molecular weight excluding hydrogens is 252 g/mol. The lowest BCUT2D eigenvalue weighted by Gasteiger charge is -2.37. The quantitative estimate of drug-likeness (QED) is 0.863. The fourth-order valence-corrected chi connectivity index (χ4v) is 3.06. The normalized spacial score (nSPS) is 22.4. The second-order valence-electron chi connectivity index (χ2n) is 6.06. The van der Waals surface area contributed by atoms with Crippen LogP contribution in [0.25, 0.3) is 0 Å². The first-order valence-electron chi connectivity index (χ1n) is 7.62. The summed E-state index contributed by atoms with van der Waals surface area (Å²) >= 11 is 0. The van der Waals surface area contributed by atoms with Crippen molar-refractivity contribution in [2.45, 2.75) is 38.8 Å². The molecule has 5 heteroatoms. The Morgan fingerprint density at radius 1 is 1.50 bits per heavy atom. The monoisotopic (exact) mass is 280 g/mol. The number of hydrogen-bond acceptors (Lipinski definition) is 4. The topological polar surface area (TPSA) is 56.3 Å². The van der Waals surface area contributed by atoms with E-state index in [-0.39, 0.29) is 6.04 Å². The number of aromatic nitrogens is 2. The zero-order chi connectivity index (χ0) is 14.5. The van der Waals surface area contributed by atoms with E-state index in [2.05, 4.69) is 30.0 Å². The number of nitrogens with two attached hydrogens (primary N) is 1. The van der Waals surface area contributed by atoms with E-state index in [1.165, 1.54) is 18.4 Å². The van der Waals surface area contributed by atoms with Crippen LogP contribution >= 0.6 is 0 Å². The van der Waals surface area contributed by atoms with Crippen LogP contribution in [0.5, 0.6) is 0 Å².